The van der Waals surface area contributed by atoms with Gasteiger partial charge in [-0.2, -0.15) is 0 Å². The number of nitrogens with one attached hydrogen (secondary N) is 2. The Bertz CT molecular complexity index is 347. The van der Waals surface area contributed by atoms with Gasteiger partial charge in [-0.05, 0) is 44.7 Å². The summed E-state index contributed by atoms with van der Waals surface area (Å²) in [5.41, 5.74) is 1.29. The molecule has 0 bridgehead atoms. The topological polar surface area (TPSA) is 41.1 Å². The van der Waals surface area contributed by atoms with Crippen molar-refractivity contribution in [1.82, 2.24) is 10.6 Å². The largest absolute Gasteiger partial charge is 0.353 e. The molecule has 90 valence electrons. The van der Waals surface area contributed by atoms with E-state index in [-0.39, 0.29) is 18.0 Å². The van der Waals surface area contributed by atoms with Crippen LogP contribution in [0.5, 0.6) is 0 Å². The minimum Gasteiger partial charge on any atom is -0.353 e. The van der Waals surface area contributed by atoms with Gasteiger partial charge in [-0.3, -0.25) is 4.79 Å². The third kappa shape index (κ3) is 3.94. The summed E-state index contributed by atoms with van der Waals surface area (Å²) in [6.45, 7) is 8.67. The van der Waals surface area contributed by atoms with Crippen molar-refractivity contribution in [3.05, 3.63) is 21.9 Å². The van der Waals surface area contributed by atoms with Gasteiger partial charge in [-0.15, -0.1) is 11.3 Å². The first-order valence-electron chi connectivity index (χ1n) is 5.57. The summed E-state index contributed by atoms with van der Waals surface area (Å²) >= 11 is 1.72. The molecular formula is C12H20N2OS. The zero-order valence-corrected chi connectivity index (χ0v) is 11.1. The van der Waals surface area contributed by atoms with E-state index >= 15 is 0 Å². The predicted octanol–water partition coefficient (Wildman–Crippen LogP) is 2.06. The quantitative estimate of drug-likeness (QED) is 0.827. The molecule has 0 saturated carbocycles. The van der Waals surface area contributed by atoms with Crippen LogP contribution in [0.2, 0.25) is 0 Å². The molecule has 0 saturated heterocycles. The van der Waals surface area contributed by atoms with Crippen LogP contribution >= 0.6 is 11.3 Å². The highest BCUT2D eigenvalue weighted by molar-refractivity contribution is 7.10. The Labute approximate surface area is 101 Å². The minimum absolute atomic E-state index is 0.0595. The molecule has 1 heterocycles. The molecule has 16 heavy (non-hydrogen) atoms. The summed E-state index contributed by atoms with van der Waals surface area (Å²) in [5, 5.41) is 8.19. The lowest BCUT2D eigenvalue weighted by atomic mass is 10.2. The van der Waals surface area contributed by atoms with Gasteiger partial charge in [0.05, 0.1) is 6.04 Å². The molecule has 0 aliphatic rings. The standard InChI is InChI=1S/C12H20N2OS/c1-8(2)14-12(15)10(4)13-7-11-9(3)5-6-16-11/h5-6,8,10,13H,7H2,1-4H3,(H,14,15). The van der Waals surface area contributed by atoms with E-state index in [4.69, 9.17) is 0 Å². The molecular weight excluding hydrogens is 220 g/mol. The second-order valence-corrected chi connectivity index (χ2v) is 5.29. The fraction of sp³-hybridized carbons (Fsp3) is 0.583. The fourth-order valence-electron chi connectivity index (χ4n) is 1.33. The molecule has 0 aliphatic heterocycles. The number of hydrogen-bond acceptors (Lipinski definition) is 3. The molecule has 4 heteroatoms. The van der Waals surface area contributed by atoms with Gasteiger partial charge in [0.15, 0.2) is 0 Å². The van der Waals surface area contributed by atoms with Gasteiger partial charge < -0.3 is 10.6 Å². The van der Waals surface area contributed by atoms with Crippen molar-refractivity contribution in [2.75, 3.05) is 0 Å². The zero-order chi connectivity index (χ0) is 12.1. The number of rotatable bonds is 5. The lowest BCUT2D eigenvalue weighted by Crippen LogP contribution is -2.44. The van der Waals surface area contributed by atoms with E-state index in [1.807, 2.05) is 20.8 Å². The second kappa shape index (κ2) is 6.01. The first-order valence-corrected chi connectivity index (χ1v) is 6.45. The van der Waals surface area contributed by atoms with Crippen LogP contribution in [0, 0.1) is 6.92 Å². The van der Waals surface area contributed by atoms with Crippen molar-refractivity contribution in [3.63, 3.8) is 0 Å². The highest BCUT2D eigenvalue weighted by Crippen LogP contribution is 2.14. The monoisotopic (exact) mass is 240 g/mol. The molecule has 1 aromatic rings. The summed E-state index contributed by atoms with van der Waals surface area (Å²) in [6.07, 6.45) is 0. The van der Waals surface area contributed by atoms with E-state index in [0.717, 1.165) is 6.54 Å². The molecule has 0 spiro atoms. The molecule has 0 aliphatic carbocycles. The molecule has 1 rings (SSSR count). The Kier molecular flexibility index (Phi) is 4.96. The Morgan fingerprint density at radius 3 is 2.62 bits per heavy atom. The van der Waals surface area contributed by atoms with Crippen LogP contribution in [0.4, 0.5) is 0 Å². The van der Waals surface area contributed by atoms with Crippen LogP contribution < -0.4 is 10.6 Å². The first kappa shape index (κ1) is 13.2. The van der Waals surface area contributed by atoms with Crippen molar-refractivity contribution in [2.45, 2.75) is 46.3 Å². The first-order chi connectivity index (χ1) is 7.50. The maximum atomic E-state index is 11.6. The lowest BCUT2D eigenvalue weighted by molar-refractivity contribution is -0.123. The molecule has 1 amide bonds. The molecule has 0 aromatic carbocycles. The molecule has 1 atom stereocenters. The van der Waals surface area contributed by atoms with Gasteiger partial charge in [0, 0.05) is 17.5 Å². The average molecular weight is 240 g/mol. The van der Waals surface area contributed by atoms with Crippen molar-refractivity contribution >= 4 is 17.2 Å². The molecule has 2 N–H and O–H groups in total. The average Bonchev–Trinajstić information content (AvgIpc) is 2.59. The van der Waals surface area contributed by atoms with E-state index in [0.29, 0.717) is 0 Å². The van der Waals surface area contributed by atoms with Crippen LogP contribution in [0.3, 0.4) is 0 Å². The van der Waals surface area contributed by atoms with Gasteiger partial charge >= 0.3 is 0 Å². The van der Waals surface area contributed by atoms with E-state index in [1.165, 1.54) is 10.4 Å². The van der Waals surface area contributed by atoms with Gasteiger partial charge in [0.25, 0.3) is 0 Å². The molecule has 0 fully saturated rings. The summed E-state index contributed by atoms with van der Waals surface area (Å²) in [5.74, 6) is 0.0595. The Morgan fingerprint density at radius 1 is 1.44 bits per heavy atom. The van der Waals surface area contributed by atoms with Gasteiger partial charge in [-0.25, -0.2) is 0 Å². The number of aryl methyl sites for hydroxylation is 1. The molecule has 3 nitrogen and oxygen atoms in total. The molecule has 1 aromatic heterocycles. The third-order valence-corrected chi connectivity index (χ3v) is 3.38. The van der Waals surface area contributed by atoms with E-state index in [2.05, 4.69) is 29.0 Å². The van der Waals surface area contributed by atoms with Crippen LogP contribution in [0.1, 0.15) is 31.2 Å². The fourth-order valence-corrected chi connectivity index (χ4v) is 2.19. The third-order valence-electron chi connectivity index (χ3n) is 2.36. The van der Waals surface area contributed by atoms with Crippen LogP contribution in [0.15, 0.2) is 11.4 Å². The number of thiophene rings is 1. The number of carbonyl (C=O) groups excluding carboxylic acids is 1. The lowest BCUT2D eigenvalue weighted by Gasteiger charge is -2.15. The van der Waals surface area contributed by atoms with Crippen molar-refractivity contribution in [2.24, 2.45) is 0 Å². The smallest absolute Gasteiger partial charge is 0.237 e. The maximum Gasteiger partial charge on any atom is 0.237 e. The van der Waals surface area contributed by atoms with Gasteiger partial charge in [0.2, 0.25) is 5.91 Å². The van der Waals surface area contributed by atoms with E-state index < -0.39 is 0 Å². The minimum atomic E-state index is -0.149. The van der Waals surface area contributed by atoms with Gasteiger partial charge in [-0.1, -0.05) is 0 Å². The molecule has 0 radical (unpaired) electrons. The van der Waals surface area contributed by atoms with Crippen LogP contribution in [-0.4, -0.2) is 18.0 Å². The highest BCUT2D eigenvalue weighted by atomic mass is 32.1. The summed E-state index contributed by atoms with van der Waals surface area (Å²) in [4.78, 5) is 12.9. The van der Waals surface area contributed by atoms with E-state index in [9.17, 15) is 4.79 Å². The Morgan fingerprint density at radius 2 is 2.12 bits per heavy atom. The summed E-state index contributed by atoms with van der Waals surface area (Å²) in [6, 6.07) is 2.14. The Balaban J connectivity index is 2.38. The summed E-state index contributed by atoms with van der Waals surface area (Å²) in [7, 11) is 0. The van der Waals surface area contributed by atoms with Crippen LogP contribution in [-0.2, 0) is 11.3 Å². The van der Waals surface area contributed by atoms with Gasteiger partial charge in [0.1, 0.15) is 0 Å². The van der Waals surface area contributed by atoms with Crippen molar-refractivity contribution in [1.29, 1.82) is 0 Å². The highest BCUT2D eigenvalue weighted by Gasteiger charge is 2.13. The Hall–Kier alpha value is -0.870. The predicted molar refractivity (Wildman–Crippen MR) is 68.6 cm³/mol. The second-order valence-electron chi connectivity index (χ2n) is 4.29. The van der Waals surface area contributed by atoms with E-state index in [1.54, 1.807) is 11.3 Å². The maximum absolute atomic E-state index is 11.6. The number of hydrogen-bond donors (Lipinski definition) is 2. The molecule has 1 unspecified atom stereocenters. The summed E-state index contributed by atoms with van der Waals surface area (Å²) < 4.78 is 0. The number of amides is 1. The number of carbonyl (C=O) groups is 1. The SMILES string of the molecule is Cc1ccsc1CNC(C)C(=O)NC(C)C. The van der Waals surface area contributed by atoms with Crippen molar-refractivity contribution in [3.8, 4) is 0 Å². The van der Waals surface area contributed by atoms with Crippen molar-refractivity contribution < 1.29 is 4.79 Å². The van der Waals surface area contributed by atoms with Crippen LogP contribution in [0.25, 0.3) is 0 Å². The normalized spacial score (nSPS) is 12.8. The zero-order valence-electron chi connectivity index (χ0n) is 10.3.